The van der Waals surface area contributed by atoms with Gasteiger partial charge in [0.15, 0.2) is 12.7 Å². The van der Waals surface area contributed by atoms with E-state index >= 15 is 0 Å². The standard InChI is InChI=1S/C20H23NO4/c1-3-18(25-17-11-5-4-6-12-17)20(23)24-14-19(22)21-13-16-10-8-7-9-15(16)2/h4-12,18H,3,13-14H2,1-2H3,(H,21,22)/t18-/m1/s1. The number of para-hydroxylation sites is 1. The predicted octanol–water partition coefficient (Wildman–Crippen LogP) is 3.01. The first-order valence-electron chi connectivity index (χ1n) is 8.29. The summed E-state index contributed by atoms with van der Waals surface area (Å²) in [6.07, 6.45) is -0.273. The molecule has 2 aromatic rings. The minimum atomic E-state index is -0.730. The molecule has 0 saturated heterocycles. The minimum absolute atomic E-state index is 0.320. The van der Waals surface area contributed by atoms with Crippen LogP contribution >= 0.6 is 0 Å². The van der Waals surface area contributed by atoms with Gasteiger partial charge in [0.05, 0.1) is 0 Å². The van der Waals surface area contributed by atoms with Gasteiger partial charge in [-0.15, -0.1) is 0 Å². The molecule has 0 saturated carbocycles. The maximum Gasteiger partial charge on any atom is 0.347 e. The maximum absolute atomic E-state index is 12.1. The van der Waals surface area contributed by atoms with E-state index in [-0.39, 0.29) is 12.5 Å². The average molecular weight is 341 g/mol. The molecule has 0 heterocycles. The second kappa shape index (κ2) is 9.47. The number of hydrogen-bond donors (Lipinski definition) is 1. The summed E-state index contributed by atoms with van der Waals surface area (Å²) < 4.78 is 10.7. The summed E-state index contributed by atoms with van der Waals surface area (Å²) >= 11 is 0. The average Bonchev–Trinajstić information content (AvgIpc) is 2.64. The van der Waals surface area contributed by atoms with Gasteiger partial charge >= 0.3 is 5.97 Å². The summed E-state index contributed by atoms with van der Waals surface area (Å²) in [7, 11) is 0. The number of rotatable bonds is 8. The van der Waals surface area contributed by atoms with Crippen molar-refractivity contribution in [2.75, 3.05) is 6.61 Å². The molecule has 0 bridgehead atoms. The Labute approximate surface area is 148 Å². The van der Waals surface area contributed by atoms with E-state index < -0.39 is 12.1 Å². The number of aryl methyl sites for hydroxylation is 1. The second-order valence-electron chi connectivity index (χ2n) is 5.64. The van der Waals surface area contributed by atoms with E-state index in [1.807, 2.05) is 56.3 Å². The molecule has 0 aliphatic heterocycles. The van der Waals surface area contributed by atoms with Gasteiger partial charge in [0.1, 0.15) is 5.75 Å². The number of hydrogen-bond acceptors (Lipinski definition) is 4. The Kier molecular flexibility index (Phi) is 7.01. The molecule has 0 spiro atoms. The zero-order chi connectivity index (χ0) is 18.1. The van der Waals surface area contributed by atoms with Crippen LogP contribution in [0.3, 0.4) is 0 Å². The van der Waals surface area contributed by atoms with Crippen LogP contribution < -0.4 is 10.1 Å². The topological polar surface area (TPSA) is 64.6 Å². The molecule has 1 N–H and O–H groups in total. The molecular weight excluding hydrogens is 318 g/mol. The molecule has 0 aliphatic carbocycles. The van der Waals surface area contributed by atoms with E-state index in [4.69, 9.17) is 9.47 Å². The van der Waals surface area contributed by atoms with Gasteiger partial charge in [0, 0.05) is 6.54 Å². The van der Waals surface area contributed by atoms with Gasteiger partial charge in [-0.05, 0) is 36.6 Å². The molecule has 2 aromatic carbocycles. The number of nitrogens with one attached hydrogen (secondary N) is 1. The number of esters is 1. The third-order valence-corrected chi connectivity index (χ3v) is 3.74. The third kappa shape index (κ3) is 5.95. The number of benzene rings is 2. The van der Waals surface area contributed by atoms with Crippen molar-refractivity contribution in [3.05, 3.63) is 65.7 Å². The normalized spacial score (nSPS) is 11.4. The first-order chi connectivity index (χ1) is 12.1. The lowest BCUT2D eigenvalue weighted by Gasteiger charge is -2.16. The van der Waals surface area contributed by atoms with Crippen LogP contribution in [0.1, 0.15) is 24.5 Å². The van der Waals surface area contributed by atoms with E-state index in [0.717, 1.165) is 11.1 Å². The molecule has 0 fully saturated rings. The quantitative estimate of drug-likeness (QED) is 0.750. The Morgan fingerprint density at radius 2 is 1.72 bits per heavy atom. The molecule has 25 heavy (non-hydrogen) atoms. The molecule has 5 nitrogen and oxygen atoms in total. The summed E-state index contributed by atoms with van der Waals surface area (Å²) in [6.45, 7) is 3.89. The SMILES string of the molecule is CC[C@@H](Oc1ccccc1)C(=O)OCC(=O)NCc1ccccc1C. The van der Waals surface area contributed by atoms with Crippen LogP contribution in [0.25, 0.3) is 0 Å². The molecule has 0 unspecified atom stereocenters. The molecule has 132 valence electrons. The molecule has 1 amide bonds. The van der Waals surface area contributed by atoms with Crippen molar-refractivity contribution >= 4 is 11.9 Å². The van der Waals surface area contributed by atoms with E-state index in [2.05, 4.69) is 5.32 Å². The van der Waals surface area contributed by atoms with Crippen LogP contribution in [0.4, 0.5) is 0 Å². The lowest BCUT2D eigenvalue weighted by Crippen LogP contribution is -2.33. The fourth-order valence-electron chi connectivity index (χ4n) is 2.24. The molecule has 5 heteroatoms. The van der Waals surface area contributed by atoms with Crippen LogP contribution in [0, 0.1) is 6.92 Å². The van der Waals surface area contributed by atoms with Crippen LogP contribution in [0.2, 0.25) is 0 Å². The minimum Gasteiger partial charge on any atom is -0.479 e. The van der Waals surface area contributed by atoms with E-state index in [1.165, 1.54) is 0 Å². The summed E-state index contributed by atoms with van der Waals surface area (Å²) in [5.41, 5.74) is 2.13. The number of carbonyl (C=O) groups excluding carboxylic acids is 2. The Morgan fingerprint density at radius 1 is 1.04 bits per heavy atom. The molecule has 2 rings (SSSR count). The van der Waals surface area contributed by atoms with Crippen LogP contribution in [0.15, 0.2) is 54.6 Å². The molecule has 0 aliphatic rings. The lowest BCUT2D eigenvalue weighted by atomic mass is 10.1. The monoisotopic (exact) mass is 341 g/mol. The molecular formula is C20H23NO4. The Bertz CT molecular complexity index is 700. The molecule has 0 radical (unpaired) electrons. The summed E-state index contributed by atoms with van der Waals surface area (Å²) in [5, 5.41) is 2.74. The molecule has 1 atom stereocenters. The number of carbonyl (C=O) groups is 2. The Hall–Kier alpha value is -2.82. The third-order valence-electron chi connectivity index (χ3n) is 3.74. The van der Waals surface area contributed by atoms with Gasteiger partial charge in [-0.25, -0.2) is 4.79 Å². The van der Waals surface area contributed by atoms with Gasteiger partial charge in [0.2, 0.25) is 0 Å². The number of amides is 1. The number of ether oxygens (including phenoxy) is 2. The highest BCUT2D eigenvalue weighted by atomic mass is 16.6. The summed E-state index contributed by atoms with van der Waals surface area (Å²) in [6, 6.07) is 16.8. The van der Waals surface area contributed by atoms with Gasteiger partial charge in [-0.1, -0.05) is 49.4 Å². The van der Waals surface area contributed by atoms with Gasteiger partial charge in [-0.2, -0.15) is 0 Å². The highest BCUT2D eigenvalue weighted by Crippen LogP contribution is 2.13. The zero-order valence-electron chi connectivity index (χ0n) is 14.5. The van der Waals surface area contributed by atoms with Crippen molar-refractivity contribution in [2.24, 2.45) is 0 Å². The fraction of sp³-hybridized carbons (Fsp3) is 0.300. The fourth-order valence-corrected chi connectivity index (χ4v) is 2.24. The smallest absolute Gasteiger partial charge is 0.347 e. The van der Waals surface area contributed by atoms with Gasteiger partial charge in [-0.3, -0.25) is 4.79 Å². The first-order valence-corrected chi connectivity index (χ1v) is 8.29. The Balaban J connectivity index is 1.77. The van der Waals surface area contributed by atoms with Gasteiger partial charge in [0.25, 0.3) is 5.91 Å². The maximum atomic E-state index is 12.1. The van der Waals surface area contributed by atoms with Crippen LogP contribution in [0.5, 0.6) is 5.75 Å². The van der Waals surface area contributed by atoms with Crippen LogP contribution in [-0.4, -0.2) is 24.6 Å². The zero-order valence-corrected chi connectivity index (χ0v) is 14.5. The molecule has 0 aromatic heterocycles. The van der Waals surface area contributed by atoms with Crippen molar-refractivity contribution in [1.29, 1.82) is 0 Å². The largest absolute Gasteiger partial charge is 0.479 e. The van der Waals surface area contributed by atoms with Crippen molar-refractivity contribution in [2.45, 2.75) is 32.9 Å². The highest BCUT2D eigenvalue weighted by Gasteiger charge is 2.21. The van der Waals surface area contributed by atoms with Crippen molar-refractivity contribution in [3.8, 4) is 5.75 Å². The van der Waals surface area contributed by atoms with E-state index in [9.17, 15) is 9.59 Å². The Morgan fingerprint density at radius 3 is 2.40 bits per heavy atom. The van der Waals surface area contributed by atoms with Gasteiger partial charge < -0.3 is 14.8 Å². The first kappa shape index (κ1) is 18.5. The highest BCUT2D eigenvalue weighted by molar-refractivity contribution is 5.82. The van der Waals surface area contributed by atoms with Crippen LogP contribution in [-0.2, 0) is 20.9 Å². The second-order valence-corrected chi connectivity index (χ2v) is 5.64. The van der Waals surface area contributed by atoms with Crippen molar-refractivity contribution in [3.63, 3.8) is 0 Å². The van der Waals surface area contributed by atoms with Crippen molar-refractivity contribution < 1.29 is 19.1 Å². The van der Waals surface area contributed by atoms with Crippen molar-refractivity contribution in [1.82, 2.24) is 5.32 Å². The van der Waals surface area contributed by atoms with E-state index in [0.29, 0.717) is 18.7 Å². The summed E-state index contributed by atoms with van der Waals surface area (Å²) in [5.74, 6) is -0.293. The summed E-state index contributed by atoms with van der Waals surface area (Å²) in [4.78, 5) is 24.0. The van der Waals surface area contributed by atoms with E-state index in [1.54, 1.807) is 12.1 Å². The lowest BCUT2D eigenvalue weighted by molar-refractivity contribution is -0.155. The predicted molar refractivity (Wildman–Crippen MR) is 95.1 cm³/mol.